The molecular weight excluding hydrogens is 408 g/mol. The lowest BCUT2D eigenvalue weighted by atomic mass is 10.1. The van der Waals surface area contributed by atoms with E-state index in [1.807, 2.05) is 0 Å². The van der Waals surface area contributed by atoms with Crippen LogP contribution >= 0.6 is 0 Å². The normalized spacial score (nSPS) is 14.0. The number of hydrogen-bond donors (Lipinski definition) is 0. The number of imidazole rings is 1. The van der Waals surface area contributed by atoms with Gasteiger partial charge in [0.15, 0.2) is 0 Å². The highest BCUT2D eigenvalue weighted by Gasteiger charge is 2.25. The van der Waals surface area contributed by atoms with Crippen LogP contribution in [0.5, 0.6) is 5.75 Å². The molecule has 5 heteroatoms. The largest absolute Gasteiger partial charge is 0.493 e. The van der Waals surface area contributed by atoms with Crippen LogP contribution in [0.4, 0.5) is 5.95 Å². The van der Waals surface area contributed by atoms with E-state index in [-0.39, 0.29) is 0 Å². The van der Waals surface area contributed by atoms with E-state index in [0.29, 0.717) is 0 Å². The quantitative estimate of drug-likeness (QED) is 0.347. The van der Waals surface area contributed by atoms with Crippen LogP contribution in [-0.4, -0.2) is 34.3 Å². The Bertz CT molecular complexity index is 1250. The van der Waals surface area contributed by atoms with Gasteiger partial charge in [-0.3, -0.25) is 9.47 Å². The topological polar surface area (TPSA) is 33.5 Å². The molecule has 33 heavy (non-hydrogen) atoms. The van der Waals surface area contributed by atoms with E-state index in [0.717, 1.165) is 56.7 Å². The predicted octanol–water partition coefficient (Wildman–Crippen LogP) is 5.67. The Morgan fingerprint density at radius 1 is 0.909 bits per heavy atom. The van der Waals surface area contributed by atoms with E-state index in [9.17, 15) is 0 Å². The SMILES string of the molecule is Cc1cc(C)c(C)c(OCCCN2CN(Cc3ccccc3)c3nc4ccccc4n3C2)c1. The van der Waals surface area contributed by atoms with Crippen molar-refractivity contribution in [3.63, 3.8) is 0 Å². The molecule has 5 nitrogen and oxygen atoms in total. The number of anilines is 1. The van der Waals surface area contributed by atoms with Crippen molar-refractivity contribution in [3.8, 4) is 5.75 Å². The summed E-state index contributed by atoms with van der Waals surface area (Å²) in [5, 5.41) is 0. The van der Waals surface area contributed by atoms with Crippen molar-refractivity contribution < 1.29 is 4.74 Å². The summed E-state index contributed by atoms with van der Waals surface area (Å²) in [7, 11) is 0. The molecule has 0 aliphatic carbocycles. The maximum atomic E-state index is 6.18. The van der Waals surface area contributed by atoms with E-state index < -0.39 is 0 Å². The van der Waals surface area contributed by atoms with Gasteiger partial charge in [-0.15, -0.1) is 0 Å². The highest BCUT2D eigenvalue weighted by atomic mass is 16.5. The highest BCUT2D eigenvalue weighted by molar-refractivity contribution is 5.79. The van der Waals surface area contributed by atoms with Gasteiger partial charge in [-0.2, -0.15) is 0 Å². The molecule has 0 fully saturated rings. The van der Waals surface area contributed by atoms with Gasteiger partial charge >= 0.3 is 0 Å². The van der Waals surface area contributed by atoms with Crippen LogP contribution in [0.15, 0.2) is 66.7 Å². The summed E-state index contributed by atoms with van der Waals surface area (Å²) >= 11 is 0. The molecule has 4 aromatic rings. The molecule has 0 saturated carbocycles. The van der Waals surface area contributed by atoms with Gasteiger partial charge in [0.25, 0.3) is 0 Å². The van der Waals surface area contributed by atoms with E-state index in [4.69, 9.17) is 9.72 Å². The Balaban J connectivity index is 1.30. The first-order chi connectivity index (χ1) is 16.1. The minimum atomic E-state index is 0.719. The molecular formula is C28H32N4O. The second-order valence-corrected chi connectivity index (χ2v) is 9.10. The van der Waals surface area contributed by atoms with Gasteiger partial charge in [-0.05, 0) is 67.6 Å². The van der Waals surface area contributed by atoms with Crippen molar-refractivity contribution >= 4 is 17.0 Å². The van der Waals surface area contributed by atoms with Gasteiger partial charge < -0.3 is 9.64 Å². The van der Waals surface area contributed by atoms with E-state index in [2.05, 4.69) is 102 Å². The summed E-state index contributed by atoms with van der Waals surface area (Å²) in [5.41, 5.74) is 7.32. The van der Waals surface area contributed by atoms with Crippen molar-refractivity contribution in [2.45, 2.75) is 40.4 Å². The lowest BCUT2D eigenvalue weighted by molar-refractivity contribution is 0.179. The van der Waals surface area contributed by atoms with Crippen LogP contribution < -0.4 is 9.64 Å². The fraction of sp³-hybridized carbons (Fsp3) is 0.321. The first-order valence-electron chi connectivity index (χ1n) is 11.8. The van der Waals surface area contributed by atoms with E-state index >= 15 is 0 Å². The number of benzene rings is 3. The molecule has 0 N–H and O–H groups in total. The third kappa shape index (κ3) is 4.60. The second-order valence-electron chi connectivity index (χ2n) is 9.10. The van der Waals surface area contributed by atoms with Crippen molar-refractivity contribution in [1.82, 2.24) is 14.5 Å². The van der Waals surface area contributed by atoms with Gasteiger partial charge in [-0.25, -0.2) is 4.98 Å². The first kappa shape index (κ1) is 21.5. The first-order valence-corrected chi connectivity index (χ1v) is 11.8. The van der Waals surface area contributed by atoms with Crippen LogP contribution in [0, 0.1) is 20.8 Å². The molecule has 0 spiro atoms. The molecule has 1 aromatic heterocycles. The smallest absolute Gasteiger partial charge is 0.209 e. The number of aryl methyl sites for hydroxylation is 2. The molecule has 0 unspecified atom stereocenters. The summed E-state index contributed by atoms with van der Waals surface area (Å²) in [4.78, 5) is 9.84. The third-order valence-corrected chi connectivity index (χ3v) is 6.49. The number of fused-ring (bicyclic) bond motifs is 3. The summed E-state index contributed by atoms with van der Waals surface area (Å²) in [5.74, 6) is 2.07. The minimum absolute atomic E-state index is 0.719. The molecule has 0 bridgehead atoms. The van der Waals surface area contributed by atoms with Crippen molar-refractivity contribution in [2.75, 3.05) is 24.7 Å². The molecule has 0 radical (unpaired) electrons. The Hall–Kier alpha value is -3.31. The number of para-hydroxylation sites is 2. The molecule has 3 aromatic carbocycles. The molecule has 0 atom stereocenters. The number of rotatable bonds is 7. The van der Waals surface area contributed by atoms with Crippen molar-refractivity contribution in [1.29, 1.82) is 0 Å². The van der Waals surface area contributed by atoms with Crippen molar-refractivity contribution in [3.05, 3.63) is 89.0 Å². The average Bonchev–Trinajstić information content (AvgIpc) is 3.19. The summed E-state index contributed by atoms with van der Waals surface area (Å²) in [6, 6.07) is 23.4. The zero-order valence-corrected chi connectivity index (χ0v) is 19.8. The molecule has 1 aliphatic heterocycles. The Morgan fingerprint density at radius 3 is 2.55 bits per heavy atom. The van der Waals surface area contributed by atoms with Gasteiger partial charge in [-0.1, -0.05) is 48.5 Å². The van der Waals surface area contributed by atoms with Gasteiger partial charge in [0.05, 0.1) is 31.0 Å². The molecule has 1 aliphatic rings. The fourth-order valence-electron chi connectivity index (χ4n) is 4.68. The van der Waals surface area contributed by atoms with Gasteiger partial charge in [0.1, 0.15) is 5.75 Å². The van der Waals surface area contributed by atoms with Crippen LogP contribution in [0.1, 0.15) is 28.7 Å². The fourth-order valence-corrected chi connectivity index (χ4v) is 4.68. The second kappa shape index (κ2) is 9.28. The average molecular weight is 441 g/mol. The molecule has 170 valence electrons. The number of nitrogens with zero attached hydrogens (tertiary/aromatic N) is 4. The third-order valence-electron chi connectivity index (χ3n) is 6.49. The van der Waals surface area contributed by atoms with Gasteiger partial charge in [0, 0.05) is 13.1 Å². The summed E-state index contributed by atoms with van der Waals surface area (Å²) in [6.45, 7) is 10.7. The molecule has 5 rings (SSSR count). The van der Waals surface area contributed by atoms with Crippen molar-refractivity contribution in [2.24, 2.45) is 0 Å². The number of hydrogen-bond acceptors (Lipinski definition) is 4. The van der Waals surface area contributed by atoms with Crippen LogP contribution in [0.3, 0.4) is 0 Å². The van der Waals surface area contributed by atoms with Crippen LogP contribution in [0.25, 0.3) is 11.0 Å². The maximum Gasteiger partial charge on any atom is 0.209 e. The van der Waals surface area contributed by atoms with Crippen LogP contribution in [-0.2, 0) is 13.2 Å². The van der Waals surface area contributed by atoms with Gasteiger partial charge in [0.2, 0.25) is 5.95 Å². The van der Waals surface area contributed by atoms with E-state index in [1.165, 1.54) is 27.8 Å². The molecule has 2 heterocycles. The lowest BCUT2D eigenvalue weighted by Crippen LogP contribution is -2.45. The summed E-state index contributed by atoms with van der Waals surface area (Å²) < 4.78 is 8.52. The maximum absolute atomic E-state index is 6.18. The van der Waals surface area contributed by atoms with E-state index in [1.54, 1.807) is 0 Å². The Morgan fingerprint density at radius 2 is 1.70 bits per heavy atom. The van der Waals surface area contributed by atoms with Crippen LogP contribution in [0.2, 0.25) is 0 Å². The predicted molar refractivity (Wildman–Crippen MR) is 135 cm³/mol. The monoisotopic (exact) mass is 440 g/mol. The number of ether oxygens (including phenoxy) is 1. The Labute approximate surface area is 196 Å². The lowest BCUT2D eigenvalue weighted by Gasteiger charge is -2.37. The Kier molecular flexibility index (Phi) is 6.05. The number of aromatic nitrogens is 2. The highest BCUT2D eigenvalue weighted by Crippen LogP contribution is 2.28. The zero-order valence-electron chi connectivity index (χ0n) is 19.8. The molecule has 0 saturated heterocycles. The summed E-state index contributed by atoms with van der Waals surface area (Å²) in [6.07, 6.45) is 0.980. The zero-order chi connectivity index (χ0) is 22.8. The molecule has 0 amide bonds. The minimum Gasteiger partial charge on any atom is -0.493 e. The standard InChI is InChI=1S/C28H32N4O/c1-21-16-22(2)23(3)27(17-21)33-15-9-14-30-19-31(18-24-10-5-4-6-11-24)28-29-25-12-7-8-13-26(25)32(28)20-30/h4-8,10-13,16-17H,9,14-15,18-20H2,1-3H3.